The molecule has 1 heterocycles. The van der Waals surface area contributed by atoms with Crippen molar-refractivity contribution in [3.63, 3.8) is 0 Å². The third-order valence-corrected chi connectivity index (χ3v) is 2.46. The van der Waals surface area contributed by atoms with Gasteiger partial charge in [0.15, 0.2) is 0 Å². The van der Waals surface area contributed by atoms with Crippen molar-refractivity contribution in [3.05, 3.63) is 30.0 Å². The summed E-state index contributed by atoms with van der Waals surface area (Å²) in [6.07, 6.45) is -3.46. The zero-order chi connectivity index (χ0) is 14.9. The zero-order valence-corrected chi connectivity index (χ0v) is 9.84. The molecule has 0 aliphatic rings. The molecule has 4 nitrogen and oxygen atoms in total. The molecule has 0 bridgehead atoms. The van der Waals surface area contributed by atoms with Crippen LogP contribution in [0.5, 0.6) is 0 Å². The first-order valence-electron chi connectivity index (χ1n) is 5.40. The summed E-state index contributed by atoms with van der Waals surface area (Å²) in [5, 5.41) is 5.27. The first-order chi connectivity index (χ1) is 9.26. The molecule has 1 aromatic carbocycles. The van der Waals surface area contributed by atoms with Crippen LogP contribution in [0.2, 0.25) is 0 Å². The van der Waals surface area contributed by atoms with Gasteiger partial charge in [-0.2, -0.15) is 18.3 Å². The van der Waals surface area contributed by atoms with E-state index in [1.54, 1.807) is 5.32 Å². The normalized spacial score (nSPS) is 11.8. The molecule has 20 heavy (non-hydrogen) atoms. The zero-order valence-electron chi connectivity index (χ0n) is 9.84. The maximum Gasteiger partial charge on any atom is 0.405 e. The van der Waals surface area contributed by atoms with E-state index in [2.05, 4.69) is 5.10 Å². The number of rotatable bonds is 3. The van der Waals surface area contributed by atoms with E-state index >= 15 is 0 Å². The Kier molecular flexibility index (Phi) is 3.60. The lowest BCUT2D eigenvalue weighted by Gasteiger charge is -2.08. The smallest absolute Gasteiger partial charge is 0.345 e. The lowest BCUT2D eigenvalue weighted by Crippen LogP contribution is -2.35. The van der Waals surface area contributed by atoms with Gasteiger partial charge in [0.2, 0.25) is 5.91 Å². The summed E-state index contributed by atoms with van der Waals surface area (Å²) in [6, 6.07) is 1.60. The van der Waals surface area contributed by atoms with E-state index in [1.165, 1.54) is 0 Å². The molecule has 0 aliphatic heterocycles. The Balaban J connectivity index is 2.16. The number of nitrogens with one attached hydrogen (secondary N) is 1. The average Bonchev–Trinajstić information content (AvgIpc) is 2.69. The van der Waals surface area contributed by atoms with Crippen molar-refractivity contribution < 1.29 is 26.7 Å². The third-order valence-electron chi connectivity index (χ3n) is 2.46. The minimum atomic E-state index is -4.53. The molecule has 1 amide bonds. The van der Waals surface area contributed by atoms with Crippen LogP contribution < -0.4 is 5.32 Å². The van der Waals surface area contributed by atoms with Crippen LogP contribution in [0.25, 0.3) is 10.9 Å². The fourth-order valence-corrected chi connectivity index (χ4v) is 1.62. The molecule has 0 atom stereocenters. The first kappa shape index (κ1) is 14.2. The maximum atomic E-state index is 13.4. The molecule has 0 unspecified atom stereocenters. The second-order valence-corrected chi connectivity index (χ2v) is 4.01. The molecule has 0 saturated heterocycles. The van der Waals surface area contributed by atoms with E-state index in [0.29, 0.717) is 6.07 Å². The van der Waals surface area contributed by atoms with Gasteiger partial charge in [-0.05, 0) is 0 Å². The van der Waals surface area contributed by atoms with E-state index in [9.17, 15) is 26.7 Å². The highest BCUT2D eigenvalue weighted by Gasteiger charge is 2.27. The minimum Gasteiger partial charge on any atom is -0.345 e. The summed E-state index contributed by atoms with van der Waals surface area (Å²) in [5.41, 5.74) is -0.00958. The van der Waals surface area contributed by atoms with E-state index in [1.807, 2.05) is 0 Å². The van der Waals surface area contributed by atoms with Gasteiger partial charge in [-0.3, -0.25) is 9.48 Å². The van der Waals surface area contributed by atoms with Crippen LogP contribution in [0.3, 0.4) is 0 Å². The van der Waals surface area contributed by atoms with Gasteiger partial charge in [-0.1, -0.05) is 0 Å². The van der Waals surface area contributed by atoms with Gasteiger partial charge < -0.3 is 5.32 Å². The van der Waals surface area contributed by atoms with Gasteiger partial charge >= 0.3 is 6.18 Å². The Labute approximate surface area is 109 Å². The predicted molar refractivity (Wildman–Crippen MR) is 58.7 cm³/mol. The number of hydrogen-bond acceptors (Lipinski definition) is 2. The molecule has 0 radical (unpaired) electrons. The number of carbonyl (C=O) groups excluding carboxylic acids is 1. The largest absolute Gasteiger partial charge is 0.405 e. The number of halogens is 5. The molecule has 0 spiro atoms. The number of aromatic nitrogens is 2. The second-order valence-electron chi connectivity index (χ2n) is 4.01. The van der Waals surface area contributed by atoms with Gasteiger partial charge in [0, 0.05) is 12.1 Å². The fourth-order valence-electron chi connectivity index (χ4n) is 1.62. The molecular formula is C11H8F5N3O. The number of nitrogens with zero attached hydrogens (tertiary/aromatic N) is 2. The Morgan fingerprint density at radius 2 is 2.00 bits per heavy atom. The number of benzene rings is 1. The third kappa shape index (κ3) is 3.22. The maximum absolute atomic E-state index is 13.4. The SMILES string of the molecule is O=C(Cn1ncc2c(F)cc(F)cc21)NCC(F)(F)F. The second kappa shape index (κ2) is 5.06. The lowest BCUT2D eigenvalue weighted by molar-refractivity contribution is -0.138. The average molecular weight is 293 g/mol. The Morgan fingerprint density at radius 1 is 1.30 bits per heavy atom. The molecular weight excluding hydrogens is 285 g/mol. The summed E-state index contributed by atoms with van der Waals surface area (Å²) in [5.74, 6) is -2.69. The number of hydrogen-bond donors (Lipinski definition) is 1. The van der Waals surface area contributed by atoms with Crippen LogP contribution in [-0.4, -0.2) is 28.4 Å². The molecule has 108 valence electrons. The van der Waals surface area contributed by atoms with Crippen molar-refractivity contribution in [2.75, 3.05) is 6.54 Å². The van der Waals surface area contributed by atoms with E-state index < -0.39 is 36.8 Å². The van der Waals surface area contributed by atoms with Crippen LogP contribution in [0, 0.1) is 11.6 Å². The summed E-state index contributed by atoms with van der Waals surface area (Å²) < 4.78 is 63.1. The summed E-state index contributed by atoms with van der Waals surface area (Å²) >= 11 is 0. The van der Waals surface area contributed by atoms with Gasteiger partial charge in [-0.25, -0.2) is 8.78 Å². The summed E-state index contributed by atoms with van der Waals surface area (Å²) in [7, 11) is 0. The first-order valence-corrected chi connectivity index (χ1v) is 5.40. The highest BCUT2D eigenvalue weighted by molar-refractivity contribution is 5.82. The molecule has 0 saturated carbocycles. The Hall–Kier alpha value is -2.19. The Bertz CT molecular complexity index is 649. The van der Waals surface area contributed by atoms with Crippen molar-refractivity contribution in [1.29, 1.82) is 0 Å². The van der Waals surface area contributed by atoms with Crippen LogP contribution in [0.15, 0.2) is 18.3 Å². The van der Waals surface area contributed by atoms with Crippen LogP contribution in [0.1, 0.15) is 0 Å². The summed E-state index contributed by atoms with van der Waals surface area (Å²) in [4.78, 5) is 11.3. The molecule has 9 heteroatoms. The van der Waals surface area contributed by atoms with Crippen molar-refractivity contribution in [1.82, 2.24) is 15.1 Å². The van der Waals surface area contributed by atoms with Crippen LogP contribution in [-0.2, 0) is 11.3 Å². The fraction of sp³-hybridized carbons (Fsp3) is 0.273. The number of carbonyl (C=O) groups is 1. The van der Waals surface area contributed by atoms with Gasteiger partial charge in [-0.15, -0.1) is 0 Å². The van der Waals surface area contributed by atoms with Crippen molar-refractivity contribution in [3.8, 4) is 0 Å². The molecule has 2 aromatic rings. The molecule has 0 fully saturated rings. The van der Waals surface area contributed by atoms with Crippen molar-refractivity contribution in [2.45, 2.75) is 12.7 Å². The number of alkyl halides is 3. The quantitative estimate of drug-likeness (QED) is 0.880. The van der Waals surface area contributed by atoms with E-state index in [-0.39, 0.29) is 10.9 Å². The highest BCUT2D eigenvalue weighted by Crippen LogP contribution is 2.19. The molecule has 1 aromatic heterocycles. The monoisotopic (exact) mass is 293 g/mol. The topological polar surface area (TPSA) is 46.9 Å². The van der Waals surface area contributed by atoms with Crippen molar-refractivity contribution in [2.24, 2.45) is 0 Å². The molecule has 0 aliphatic carbocycles. The number of amides is 1. The summed E-state index contributed by atoms with van der Waals surface area (Å²) in [6.45, 7) is -2.05. The molecule has 2 rings (SSSR count). The standard InChI is InChI=1S/C11H8F5N3O/c12-6-1-8(13)7-3-18-19(9(7)2-6)4-10(20)17-5-11(14,15)16/h1-3H,4-5H2,(H,17,20). The van der Waals surface area contributed by atoms with Crippen molar-refractivity contribution >= 4 is 16.8 Å². The van der Waals surface area contributed by atoms with E-state index in [0.717, 1.165) is 16.9 Å². The van der Waals surface area contributed by atoms with Crippen LogP contribution >= 0.6 is 0 Å². The van der Waals surface area contributed by atoms with Gasteiger partial charge in [0.1, 0.15) is 24.7 Å². The molecule has 1 N–H and O–H groups in total. The lowest BCUT2D eigenvalue weighted by atomic mass is 10.2. The van der Waals surface area contributed by atoms with E-state index in [4.69, 9.17) is 0 Å². The van der Waals surface area contributed by atoms with Crippen LogP contribution in [0.4, 0.5) is 22.0 Å². The number of fused-ring (bicyclic) bond motifs is 1. The Morgan fingerprint density at radius 3 is 2.65 bits per heavy atom. The van der Waals surface area contributed by atoms with Gasteiger partial charge in [0.05, 0.1) is 17.1 Å². The minimum absolute atomic E-state index is 0.00958. The van der Waals surface area contributed by atoms with Gasteiger partial charge in [0.25, 0.3) is 0 Å². The highest BCUT2D eigenvalue weighted by atomic mass is 19.4. The predicted octanol–water partition coefficient (Wildman–Crippen LogP) is 1.99.